The van der Waals surface area contributed by atoms with Crippen molar-refractivity contribution in [3.63, 3.8) is 0 Å². The Hall–Kier alpha value is -3.80. The van der Waals surface area contributed by atoms with Crippen LogP contribution in [0.4, 0.5) is 0 Å². The molecule has 0 N–H and O–H groups in total. The third-order valence-electron chi connectivity index (χ3n) is 7.39. The maximum absolute atomic E-state index is 6.51. The van der Waals surface area contributed by atoms with Gasteiger partial charge in [0.1, 0.15) is 23.0 Å². The van der Waals surface area contributed by atoms with E-state index in [-0.39, 0.29) is 6.71 Å². The SMILES string of the molecule is c1cc2c3c(c1)Oc1cc4sc5ccccc5c4cc1B3c1cc3c(cc1O2)sc1ccccc13. The molecule has 9 rings (SSSR count). The molecule has 0 saturated carbocycles. The topological polar surface area (TPSA) is 18.5 Å². The molecule has 2 nitrogen and oxygen atoms in total. The number of thiophene rings is 2. The van der Waals surface area contributed by atoms with Crippen molar-refractivity contribution in [3.05, 3.63) is 91.0 Å². The summed E-state index contributed by atoms with van der Waals surface area (Å²) in [7, 11) is 0. The third kappa shape index (κ3) is 2.39. The van der Waals surface area contributed by atoms with Gasteiger partial charge in [0.05, 0.1) is 0 Å². The van der Waals surface area contributed by atoms with E-state index in [4.69, 9.17) is 9.47 Å². The Kier molecular flexibility index (Phi) is 3.41. The molecule has 0 bridgehead atoms. The van der Waals surface area contributed by atoms with Crippen LogP contribution in [0.25, 0.3) is 40.3 Å². The van der Waals surface area contributed by atoms with Crippen LogP contribution in [0.3, 0.4) is 0 Å². The molecule has 5 aromatic carbocycles. The Bertz CT molecular complexity index is 1890. The van der Waals surface area contributed by atoms with Crippen molar-refractivity contribution >= 4 is 86.1 Å². The standard InChI is InChI=1S/C30H15BO2S2/c1-3-10-26-16(6-1)18-12-20-24(14-28(18)34-26)32-22-8-5-9-23-30(22)31(20)21-13-19-17-7-2-4-11-27(17)35-29(19)15-25(21)33-23/h1-15H. The molecule has 0 radical (unpaired) electrons. The Labute approximate surface area is 209 Å². The molecule has 7 aromatic rings. The fourth-order valence-electron chi connectivity index (χ4n) is 5.87. The third-order valence-corrected chi connectivity index (χ3v) is 9.66. The summed E-state index contributed by atoms with van der Waals surface area (Å²) in [6, 6.07) is 32.7. The first-order chi connectivity index (χ1) is 17.3. The fraction of sp³-hybridized carbons (Fsp3) is 0. The zero-order valence-electron chi connectivity index (χ0n) is 18.4. The first-order valence-corrected chi connectivity index (χ1v) is 13.3. The molecule has 0 unspecified atom stereocenters. The lowest BCUT2D eigenvalue weighted by molar-refractivity contribution is 0.465. The molecule has 0 spiro atoms. The largest absolute Gasteiger partial charge is 0.458 e. The van der Waals surface area contributed by atoms with Gasteiger partial charge in [-0.1, -0.05) is 54.6 Å². The minimum atomic E-state index is 0.0693. The summed E-state index contributed by atoms with van der Waals surface area (Å²) in [5.74, 6) is 3.67. The second-order valence-electron chi connectivity index (χ2n) is 9.27. The molecule has 0 saturated heterocycles. The number of ether oxygens (including phenoxy) is 2. The molecular weight excluding hydrogens is 467 g/mol. The number of fused-ring (bicyclic) bond motifs is 10. The van der Waals surface area contributed by atoms with Crippen molar-refractivity contribution < 1.29 is 9.47 Å². The lowest BCUT2D eigenvalue weighted by atomic mass is 9.34. The second kappa shape index (κ2) is 6.45. The van der Waals surface area contributed by atoms with E-state index < -0.39 is 0 Å². The average Bonchev–Trinajstić information content (AvgIpc) is 3.43. The number of benzene rings is 5. The lowest BCUT2D eigenvalue weighted by Gasteiger charge is -2.33. The summed E-state index contributed by atoms with van der Waals surface area (Å²) in [4.78, 5) is 0. The van der Waals surface area contributed by atoms with Gasteiger partial charge in [-0.2, -0.15) is 0 Å². The highest BCUT2D eigenvalue weighted by Gasteiger charge is 2.40. The van der Waals surface area contributed by atoms with Gasteiger partial charge < -0.3 is 9.47 Å². The molecule has 0 aliphatic carbocycles. The minimum absolute atomic E-state index is 0.0693. The molecule has 4 heterocycles. The van der Waals surface area contributed by atoms with E-state index in [9.17, 15) is 0 Å². The van der Waals surface area contributed by atoms with Gasteiger partial charge in [0.15, 0.2) is 0 Å². The van der Waals surface area contributed by atoms with Gasteiger partial charge in [-0.25, -0.2) is 0 Å². The molecule has 0 fully saturated rings. The number of hydrogen-bond donors (Lipinski definition) is 0. The summed E-state index contributed by atoms with van der Waals surface area (Å²) >= 11 is 3.66. The smallest absolute Gasteiger partial charge is 0.260 e. The Morgan fingerprint density at radius 3 is 1.51 bits per heavy atom. The molecule has 2 aromatic heterocycles. The molecule has 35 heavy (non-hydrogen) atoms. The van der Waals surface area contributed by atoms with Gasteiger partial charge in [0.2, 0.25) is 0 Å². The van der Waals surface area contributed by atoms with Crippen LogP contribution >= 0.6 is 22.7 Å². The van der Waals surface area contributed by atoms with Crippen molar-refractivity contribution in [1.29, 1.82) is 0 Å². The van der Waals surface area contributed by atoms with Crippen LogP contribution in [-0.2, 0) is 0 Å². The van der Waals surface area contributed by atoms with Crippen molar-refractivity contribution in [2.45, 2.75) is 0 Å². The Morgan fingerprint density at radius 2 is 0.971 bits per heavy atom. The van der Waals surface area contributed by atoms with Crippen molar-refractivity contribution in [3.8, 4) is 23.0 Å². The van der Waals surface area contributed by atoms with E-state index in [1.54, 1.807) is 0 Å². The highest BCUT2D eigenvalue weighted by atomic mass is 32.1. The number of hydrogen-bond acceptors (Lipinski definition) is 4. The molecule has 2 aliphatic rings. The van der Waals surface area contributed by atoms with E-state index >= 15 is 0 Å². The van der Waals surface area contributed by atoms with E-state index in [0.29, 0.717) is 0 Å². The van der Waals surface area contributed by atoms with Crippen molar-refractivity contribution in [2.24, 2.45) is 0 Å². The average molecular weight is 482 g/mol. The highest BCUT2D eigenvalue weighted by molar-refractivity contribution is 7.26. The van der Waals surface area contributed by atoms with Crippen LogP contribution in [0.1, 0.15) is 0 Å². The van der Waals surface area contributed by atoms with Crippen LogP contribution in [0.2, 0.25) is 0 Å². The molecule has 162 valence electrons. The van der Waals surface area contributed by atoms with Crippen LogP contribution in [0.15, 0.2) is 91.0 Å². The van der Waals surface area contributed by atoms with Gasteiger partial charge in [0.25, 0.3) is 6.71 Å². The summed E-state index contributed by atoms with van der Waals surface area (Å²) in [6.45, 7) is 0.0693. The predicted octanol–water partition coefficient (Wildman–Crippen LogP) is 7.15. The maximum Gasteiger partial charge on any atom is 0.260 e. The van der Waals surface area contributed by atoms with Crippen LogP contribution in [-0.4, -0.2) is 6.71 Å². The van der Waals surface area contributed by atoms with E-state index in [1.807, 2.05) is 28.7 Å². The molecule has 0 atom stereocenters. The molecular formula is C30H15BO2S2. The molecule has 2 aliphatic heterocycles. The first-order valence-electron chi connectivity index (χ1n) is 11.7. The Balaban J connectivity index is 1.39. The van der Waals surface area contributed by atoms with Crippen LogP contribution < -0.4 is 25.9 Å². The van der Waals surface area contributed by atoms with Gasteiger partial charge in [-0.05, 0) is 47.3 Å². The quantitative estimate of drug-likeness (QED) is 0.214. The van der Waals surface area contributed by atoms with Crippen molar-refractivity contribution in [1.82, 2.24) is 0 Å². The lowest BCUT2D eigenvalue weighted by Crippen LogP contribution is -2.57. The van der Waals surface area contributed by atoms with Gasteiger partial charge in [0, 0.05) is 45.8 Å². The molecule has 5 heteroatoms. The van der Waals surface area contributed by atoms with E-state index in [1.165, 1.54) is 51.3 Å². The van der Waals surface area contributed by atoms with Gasteiger partial charge >= 0.3 is 0 Å². The van der Waals surface area contributed by atoms with Gasteiger partial charge in [-0.15, -0.1) is 22.7 Å². The Morgan fingerprint density at radius 1 is 0.457 bits per heavy atom. The van der Waals surface area contributed by atoms with Crippen LogP contribution in [0.5, 0.6) is 23.0 Å². The van der Waals surface area contributed by atoms with Gasteiger partial charge in [-0.3, -0.25) is 0 Å². The normalized spacial score (nSPS) is 13.5. The zero-order chi connectivity index (χ0) is 22.7. The second-order valence-corrected chi connectivity index (χ2v) is 11.4. The summed E-state index contributed by atoms with van der Waals surface area (Å²) in [6.07, 6.45) is 0. The first kappa shape index (κ1) is 18.5. The van der Waals surface area contributed by atoms with Crippen molar-refractivity contribution in [2.75, 3.05) is 0 Å². The molecule has 0 amide bonds. The fourth-order valence-corrected chi connectivity index (χ4v) is 8.10. The predicted molar refractivity (Wildman–Crippen MR) is 150 cm³/mol. The zero-order valence-corrected chi connectivity index (χ0v) is 20.0. The number of rotatable bonds is 0. The highest BCUT2D eigenvalue weighted by Crippen LogP contribution is 2.42. The minimum Gasteiger partial charge on any atom is -0.458 e. The maximum atomic E-state index is 6.51. The monoisotopic (exact) mass is 482 g/mol. The van der Waals surface area contributed by atoms with E-state index in [2.05, 4.69) is 84.9 Å². The summed E-state index contributed by atoms with van der Waals surface area (Å²) in [5.41, 5.74) is 3.55. The van der Waals surface area contributed by atoms with Crippen LogP contribution in [0, 0.1) is 0 Å². The summed E-state index contributed by atoms with van der Waals surface area (Å²) in [5, 5.41) is 5.20. The van der Waals surface area contributed by atoms with E-state index in [0.717, 1.165) is 28.5 Å². The summed E-state index contributed by atoms with van der Waals surface area (Å²) < 4.78 is 18.2.